The van der Waals surface area contributed by atoms with Crippen LogP contribution in [0.5, 0.6) is 0 Å². The molecule has 20 heavy (non-hydrogen) atoms. The van der Waals surface area contributed by atoms with Gasteiger partial charge in [-0.25, -0.2) is 13.1 Å². The first-order valence-corrected chi connectivity index (χ1v) is 9.64. The fourth-order valence-corrected chi connectivity index (χ4v) is 4.69. The smallest absolute Gasteiger partial charge is 0.211 e. The Morgan fingerprint density at radius 1 is 1.25 bits per heavy atom. The Labute approximate surface area is 123 Å². The number of rotatable bonds is 6. The average molecular weight is 303 g/mol. The van der Waals surface area contributed by atoms with Crippen LogP contribution >= 0.6 is 0 Å². The number of nitrogens with one attached hydrogen (secondary N) is 2. The maximum atomic E-state index is 12.1. The standard InChI is InChI=1S/C14H29N3O2S/c1-13(17-8-3-2-4-9-17)10-16-20(18,19)12-14-6-5-7-15-11-14/h13-16H,2-12H2,1H3. The van der Waals surface area contributed by atoms with Crippen LogP contribution in [0.4, 0.5) is 0 Å². The number of hydrogen-bond donors (Lipinski definition) is 2. The summed E-state index contributed by atoms with van der Waals surface area (Å²) < 4.78 is 27.1. The van der Waals surface area contributed by atoms with Crippen LogP contribution < -0.4 is 10.0 Å². The average Bonchev–Trinajstić information content (AvgIpc) is 2.46. The fourth-order valence-electron chi connectivity index (χ4n) is 3.17. The van der Waals surface area contributed by atoms with Crippen LogP contribution in [0.15, 0.2) is 0 Å². The Balaban J connectivity index is 1.73. The van der Waals surface area contributed by atoms with Gasteiger partial charge in [0.2, 0.25) is 10.0 Å². The van der Waals surface area contributed by atoms with Crippen LogP contribution in [-0.2, 0) is 10.0 Å². The molecule has 0 bridgehead atoms. The molecule has 2 aliphatic rings. The quantitative estimate of drug-likeness (QED) is 0.761. The Hall–Kier alpha value is -0.170. The van der Waals surface area contributed by atoms with Crippen LogP contribution in [0.25, 0.3) is 0 Å². The molecule has 0 amide bonds. The van der Waals surface area contributed by atoms with Gasteiger partial charge in [0.25, 0.3) is 0 Å². The summed E-state index contributed by atoms with van der Waals surface area (Å²) in [7, 11) is -3.13. The van der Waals surface area contributed by atoms with E-state index in [1.54, 1.807) is 0 Å². The number of piperidine rings is 2. The van der Waals surface area contributed by atoms with Crippen molar-refractivity contribution in [3.8, 4) is 0 Å². The molecule has 2 rings (SSSR count). The molecule has 0 aromatic heterocycles. The summed E-state index contributed by atoms with van der Waals surface area (Å²) in [6, 6.07) is 0.301. The molecule has 0 aliphatic carbocycles. The van der Waals surface area contributed by atoms with Crippen molar-refractivity contribution in [3.63, 3.8) is 0 Å². The van der Waals surface area contributed by atoms with Gasteiger partial charge in [-0.2, -0.15) is 0 Å². The number of nitrogens with zero attached hydrogens (tertiary/aromatic N) is 1. The topological polar surface area (TPSA) is 61.4 Å². The summed E-state index contributed by atoms with van der Waals surface area (Å²) in [6.07, 6.45) is 5.90. The van der Waals surface area contributed by atoms with Crippen molar-refractivity contribution < 1.29 is 8.42 Å². The molecular weight excluding hydrogens is 274 g/mol. The summed E-state index contributed by atoms with van der Waals surface area (Å²) in [6.45, 7) is 6.74. The summed E-state index contributed by atoms with van der Waals surface area (Å²) in [5.74, 6) is 0.541. The third-order valence-electron chi connectivity index (χ3n) is 4.47. The van der Waals surface area contributed by atoms with Crippen LogP contribution in [-0.4, -0.2) is 57.8 Å². The van der Waals surface area contributed by atoms with Gasteiger partial charge in [-0.15, -0.1) is 0 Å². The first-order chi connectivity index (χ1) is 9.57. The minimum Gasteiger partial charge on any atom is -0.316 e. The lowest BCUT2D eigenvalue weighted by Gasteiger charge is -2.32. The van der Waals surface area contributed by atoms with E-state index in [-0.39, 0.29) is 11.7 Å². The third kappa shape index (κ3) is 5.31. The van der Waals surface area contributed by atoms with Crippen molar-refractivity contribution in [2.45, 2.75) is 45.1 Å². The molecule has 0 spiro atoms. The van der Waals surface area contributed by atoms with Gasteiger partial charge in [0, 0.05) is 12.6 Å². The number of sulfonamides is 1. The van der Waals surface area contributed by atoms with Crippen LogP contribution in [0.3, 0.4) is 0 Å². The molecule has 2 unspecified atom stereocenters. The SMILES string of the molecule is CC(CNS(=O)(=O)CC1CCCNC1)N1CCCCC1. The van der Waals surface area contributed by atoms with Crippen molar-refractivity contribution in [2.24, 2.45) is 5.92 Å². The number of likely N-dealkylation sites (tertiary alicyclic amines) is 1. The van der Waals surface area contributed by atoms with E-state index in [2.05, 4.69) is 21.9 Å². The van der Waals surface area contributed by atoms with Gasteiger partial charge in [0.05, 0.1) is 5.75 Å². The molecule has 0 aromatic carbocycles. The highest BCUT2D eigenvalue weighted by molar-refractivity contribution is 7.89. The maximum absolute atomic E-state index is 12.1. The van der Waals surface area contributed by atoms with Crippen molar-refractivity contribution in [1.29, 1.82) is 0 Å². The van der Waals surface area contributed by atoms with Crippen LogP contribution in [0.1, 0.15) is 39.0 Å². The number of hydrogen-bond acceptors (Lipinski definition) is 4. The Kier molecular flexibility index (Phi) is 6.26. The Morgan fingerprint density at radius 2 is 2.00 bits per heavy atom. The van der Waals surface area contributed by atoms with Gasteiger partial charge in [-0.05, 0) is 64.7 Å². The second-order valence-corrected chi connectivity index (χ2v) is 8.14. The highest BCUT2D eigenvalue weighted by Crippen LogP contribution is 2.13. The van der Waals surface area contributed by atoms with Gasteiger partial charge in [-0.1, -0.05) is 6.42 Å². The van der Waals surface area contributed by atoms with Gasteiger partial charge in [-0.3, -0.25) is 4.90 Å². The second kappa shape index (κ2) is 7.73. The van der Waals surface area contributed by atoms with Gasteiger partial charge in [0.1, 0.15) is 0 Å². The van der Waals surface area contributed by atoms with Gasteiger partial charge >= 0.3 is 0 Å². The van der Waals surface area contributed by atoms with E-state index in [1.807, 2.05) is 0 Å². The monoisotopic (exact) mass is 303 g/mol. The molecule has 2 saturated heterocycles. The molecule has 2 aliphatic heterocycles. The van der Waals surface area contributed by atoms with E-state index in [9.17, 15) is 8.42 Å². The molecule has 0 aromatic rings. The predicted molar refractivity (Wildman–Crippen MR) is 82.3 cm³/mol. The predicted octanol–water partition coefficient (Wildman–Crippen LogP) is 0.780. The molecular formula is C14H29N3O2S. The van der Waals surface area contributed by atoms with E-state index < -0.39 is 10.0 Å². The molecule has 0 saturated carbocycles. The second-order valence-electron chi connectivity index (χ2n) is 6.29. The molecule has 2 N–H and O–H groups in total. The Morgan fingerprint density at radius 3 is 2.65 bits per heavy atom. The zero-order valence-corrected chi connectivity index (χ0v) is 13.4. The lowest BCUT2D eigenvalue weighted by Crippen LogP contribution is -2.45. The molecule has 118 valence electrons. The first kappa shape index (κ1) is 16.2. The summed E-state index contributed by atoms with van der Waals surface area (Å²) in [4.78, 5) is 2.40. The van der Waals surface area contributed by atoms with Crippen LogP contribution in [0, 0.1) is 5.92 Å². The van der Waals surface area contributed by atoms with Crippen molar-refractivity contribution in [1.82, 2.24) is 14.9 Å². The van der Waals surface area contributed by atoms with E-state index in [0.29, 0.717) is 12.6 Å². The van der Waals surface area contributed by atoms with Crippen LogP contribution in [0.2, 0.25) is 0 Å². The summed E-state index contributed by atoms with van der Waals surface area (Å²) in [5, 5.41) is 3.27. The zero-order chi connectivity index (χ0) is 14.4. The Bertz CT molecular complexity index is 374. The highest BCUT2D eigenvalue weighted by atomic mass is 32.2. The minimum absolute atomic E-state index is 0.270. The zero-order valence-electron chi connectivity index (χ0n) is 12.6. The lowest BCUT2D eigenvalue weighted by atomic mass is 10.0. The lowest BCUT2D eigenvalue weighted by molar-refractivity contribution is 0.175. The van der Waals surface area contributed by atoms with E-state index in [4.69, 9.17) is 0 Å². The van der Waals surface area contributed by atoms with E-state index >= 15 is 0 Å². The molecule has 5 nitrogen and oxygen atoms in total. The first-order valence-electron chi connectivity index (χ1n) is 7.99. The fraction of sp³-hybridized carbons (Fsp3) is 1.00. The van der Waals surface area contributed by atoms with Crippen molar-refractivity contribution >= 4 is 10.0 Å². The summed E-state index contributed by atoms with van der Waals surface area (Å²) in [5.41, 5.74) is 0. The highest BCUT2D eigenvalue weighted by Gasteiger charge is 2.23. The molecule has 2 heterocycles. The third-order valence-corrected chi connectivity index (χ3v) is 5.98. The molecule has 2 atom stereocenters. The van der Waals surface area contributed by atoms with E-state index in [0.717, 1.165) is 39.0 Å². The normalized spacial score (nSPS) is 27.4. The molecule has 2 fully saturated rings. The summed E-state index contributed by atoms with van der Waals surface area (Å²) >= 11 is 0. The maximum Gasteiger partial charge on any atom is 0.211 e. The molecule has 6 heteroatoms. The largest absolute Gasteiger partial charge is 0.316 e. The molecule has 0 radical (unpaired) electrons. The van der Waals surface area contributed by atoms with Gasteiger partial charge < -0.3 is 5.32 Å². The van der Waals surface area contributed by atoms with Crippen molar-refractivity contribution in [2.75, 3.05) is 38.5 Å². The van der Waals surface area contributed by atoms with Crippen molar-refractivity contribution in [3.05, 3.63) is 0 Å². The minimum atomic E-state index is -3.13. The van der Waals surface area contributed by atoms with E-state index in [1.165, 1.54) is 19.3 Å². The van der Waals surface area contributed by atoms with Gasteiger partial charge in [0.15, 0.2) is 0 Å².